The summed E-state index contributed by atoms with van der Waals surface area (Å²) in [6.07, 6.45) is 0. The number of hydrogen-bond donors (Lipinski definition) is 1. The van der Waals surface area contributed by atoms with Gasteiger partial charge >= 0.3 is 0 Å². The summed E-state index contributed by atoms with van der Waals surface area (Å²) in [5.74, 6) is 0. The molecule has 1 unspecified atom stereocenters. The zero-order valence-corrected chi connectivity index (χ0v) is 10.8. The fourth-order valence-corrected chi connectivity index (χ4v) is 3.83. The Labute approximate surface area is 94.7 Å². The molecule has 0 saturated carbocycles. The number of halogens is 1. The van der Waals surface area contributed by atoms with Gasteiger partial charge in [-0.05, 0) is 41.6 Å². The molecule has 0 aromatic carbocycles. The second-order valence-corrected chi connectivity index (χ2v) is 7.16. The van der Waals surface area contributed by atoms with Gasteiger partial charge in [0.05, 0.1) is 2.88 Å². The van der Waals surface area contributed by atoms with Crippen molar-refractivity contribution in [1.29, 1.82) is 0 Å². The van der Waals surface area contributed by atoms with Crippen molar-refractivity contribution < 1.29 is 0 Å². The summed E-state index contributed by atoms with van der Waals surface area (Å²) in [6, 6.07) is 4.36. The predicted octanol–water partition coefficient (Wildman–Crippen LogP) is 4.03. The van der Waals surface area contributed by atoms with Gasteiger partial charge in [-0.1, -0.05) is 0 Å². The van der Waals surface area contributed by atoms with E-state index in [1.807, 2.05) is 23.1 Å². The third-order valence-electron chi connectivity index (χ3n) is 1.32. The lowest BCUT2D eigenvalue weighted by atomic mass is 10.4. The molecule has 0 saturated heterocycles. The van der Waals surface area contributed by atoms with Gasteiger partial charge in [0.25, 0.3) is 0 Å². The summed E-state index contributed by atoms with van der Waals surface area (Å²) < 4.78 is 1.37. The van der Waals surface area contributed by atoms with Crippen LogP contribution in [0.2, 0.25) is 0 Å². The summed E-state index contributed by atoms with van der Waals surface area (Å²) in [7, 11) is 0. The van der Waals surface area contributed by atoms with E-state index in [1.54, 1.807) is 0 Å². The highest BCUT2D eigenvalue weighted by atomic mass is 127. The van der Waals surface area contributed by atoms with Crippen molar-refractivity contribution in [1.82, 2.24) is 0 Å². The van der Waals surface area contributed by atoms with Gasteiger partial charge in [0, 0.05) is 15.2 Å². The van der Waals surface area contributed by atoms with E-state index >= 15 is 0 Å². The summed E-state index contributed by atoms with van der Waals surface area (Å²) in [4.78, 5) is 1.45. The third-order valence-corrected chi connectivity index (χ3v) is 4.90. The van der Waals surface area contributed by atoms with Crippen LogP contribution in [0.15, 0.2) is 12.1 Å². The van der Waals surface area contributed by atoms with Gasteiger partial charge in [0.1, 0.15) is 0 Å². The maximum atomic E-state index is 4.18. The van der Waals surface area contributed by atoms with E-state index in [2.05, 4.69) is 54.3 Å². The van der Waals surface area contributed by atoms with E-state index in [1.165, 1.54) is 7.76 Å². The molecule has 11 heavy (non-hydrogen) atoms. The van der Waals surface area contributed by atoms with Crippen molar-refractivity contribution in [3.8, 4) is 0 Å². The van der Waals surface area contributed by atoms with Crippen molar-refractivity contribution in [2.45, 2.75) is 12.2 Å². The summed E-state index contributed by atoms with van der Waals surface area (Å²) in [5.41, 5.74) is 0. The normalized spacial score (nSPS) is 13.4. The molecular formula is C7H9IS3. The lowest BCUT2D eigenvalue weighted by Gasteiger charge is -2.04. The average Bonchev–Trinajstić information content (AvgIpc) is 2.36. The van der Waals surface area contributed by atoms with Crippen LogP contribution in [0.25, 0.3) is 0 Å². The van der Waals surface area contributed by atoms with E-state index in [-0.39, 0.29) is 0 Å². The van der Waals surface area contributed by atoms with E-state index in [4.69, 9.17) is 0 Å². The van der Waals surface area contributed by atoms with Crippen LogP contribution in [0.5, 0.6) is 0 Å². The molecule has 1 aromatic heterocycles. The van der Waals surface area contributed by atoms with Gasteiger partial charge in [0.15, 0.2) is 0 Å². The first kappa shape index (κ1) is 10.2. The minimum Gasteiger partial charge on any atom is -0.168 e. The molecule has 1 heterocycles. The molecule has 4 heteroatoms. The highest BCUT2D eigenvalue weighted by molar-refractivity contribution is 14.1. The molecule has 0 fully saturated rings. The smallest absolute Gasteiger partial charge is 0.0656 e. The van der Waals surface area contributed by atoms with E-state index in [9.17, 15) is 0 Å². The monoisotopic (exact) mass is 316 g/mol. The molecular weight excluding hydrogens is 307 g/mol. The van der Waals surface area contributed by atoms with Crippen molar-refractivity contribution in [3.05, 3.63) is 19.9 Å². The van der Waals surface area contributed by atoms with Crippen LogP contribution in [0.3, 0.4) is 0 Å². The Hall–Kier alpha value is 1.13. The van der Waals surface area contributed by atoms with Crippen LogP contribution in [-0.2, 0) is 0 Å². The lowest BCUT2D eigenvalue weighted by molar-refractivity contribution is 1.15. The maximum absolute atomic E-state index is 4.18. The zero-order valence-electron chi connectivity index (χ0n) is 6.08. The summed E-state index contributed by atoms with van der Waals surface area (Å²) in [6.45, 7) is 2.22. The van der Waals surface area contributed by atoms with Crippen LogP contribution < -0.4 is 0 Å². The Morgan fingerprint density at radius 3 is 2.91 bits per heavy atom. The van der Waals surface area contributed by atoms with Crippen molar-refractivity contribution in [3.63, 3.8) is 0 Å². The van der Waals surface area contributed by atoms with Crippen molar-refractivity contribution in [2.75, 3.05) is 5.08 Å². The predicted molar refractivity (Wildman–Crippen MR) is 66.9 cm³/mol. The second-order valence-electron chi connectivity index (χ2n) is 2.08. The number of rotatable bonds is 3. The zero-order chi connectivity index (χ0) is 8.27. The standard InChI is InChI=1S/C7H9IS3/c1-5(10-4-9)6-2-3-7(8)11-6/h2-3,5,9H,4H2,1H3. The Bertz CT molecular complexity index is 221. The van der Waals surface area contributed by atoms with Crippen LogP contribution in [0.1, 0.15) is 17.1 Å². The molecule has 1 rings (SSSR count). The van der Waals surface area contributed by atoms with Gasteiger partial charge < -0.3 is 0 Å². The van der Waals surface area contributed by atoms with Crippen molar-refractivity contribution >= 4 is 58.3 Å². The Morgan fingerprint density at radius 1 is 1.73 bits per heavy atom. The Morgan fingerprint density at radius 2 is 2.45 bits per heavy atom. The number of hydrogen-bond acceptors (Lipinski definition) is 3. The molecule has 0 nitrogen and oxygen atoms in total. The van der Waals surface area contributed by atoms with Crippen LogP contribution >= 0.6 is 58.3 Å². The van der Waals surface area contributed by atoms with Gasteiger partial charge in [-0.3, -0.25) is 0 Å². The summed E-state index contributed by atoms with van der Waals surface area (Å²) >= 11 is 10.3. The molecule has 0 aliphatic carbocycles. The maximum Gasteiger partial charge on any atom is 0.0656 e. The fourth-order valence-electron chi connectivity index (χ4n) is 0.741. The van der Waals surface area contributed by atoms with Crippen molar-refractivity contribution in [2.24, 2.45) is 0 Å². The second kappa shape index (κ2) is 4.99. The largest absolute Gasteiger partial charge is 0.168 e. The minimum absolute atomic E-state index is 0.598. The topological polar surface area (TPSA) is 0 Å². The van der Waals surface area contributed by atoms with E-state index in [0.717, 1.165) is 5.08 Å². The molecule has 0 spiro atoms. The first-order valence-corrected chi connectivity index (χ1v) is 6.79. The Kier molecular flexibility index (Phi) is 4.63. The van der Waals surface area contributed by atoms with Gasteiger partial charge in [0.2, 0.25) is 0 Å². The number of thiophene rings is 1. The molecule has 1 atom stereocenters. The Balaban J connectivity index is 2.60. The summed E-state index contributed by atoms with van der Waals surface area (Å²) in [5, 5.41) is 1.50. The fraction of sp³-hybridized carbons (Fsp3) is 0.429. The number of thioether (sulfide) groups is 1. The third kappa shape index (κ3) is 3.16. The highest BCUT2D eigenvalue weighted by Gasteiger charge is 2.06. The average molecular weight is 316 g/mol. The quantitative estimate of drug-likeness (QED) is 0.499. The molecule has 0 aliphatic heterocycles. The molecule has 62 valence electrons. The van der Waals surface area contributed by atoms with Gasteiger partial charge in [-0.25, -0.2) is 0 Å². The molecule has 0 aliphatic rings. The molecule has 0 bridgehead atoms. The van der Waals surface area contributed by atoms with Crippen LogP contribution in [0.4, 0.5) is 0 Å². The minimum atomic E-state index is 0.598. The molecule has 0 amide bonds. The van der Waals surface area contributed by atoms with Gasteiger partial charge in [-0.15, -0.1) is 23.1 Å². The molecule has 0 radical (unpaired) electrons. The van der Waals surface area contributed by atoms with Gasteiger partial charge in [-0.2, -0.15) is 12.6 Å². The van der Waals surface area contributed by atoms with E-state index < -0.39 is 0 Å². The first-order chi connectivity index (χ1) is 5.24. The molecule has 0 N–H and O–H groups in total. The van der Waals surface area contributed by atoms with Crippen LogP contribution in [-0.4, -0.2) is 5.08 Å². The first-order valence-electron chi connectivity index (χ1n) is 3.21. The SMILES string of the molecule is CC(SCS)c1ccc(I)s1. The van der Waals surface area contributed by atoms with E-state index in [0.29, 0.717) is 5.25 Å². The molecule has 1 aromatic rings. The highest BCUT2D eigenvalue weighted by Crippen LogP contribution is 2.33. The van der Waals surface area contributed by atoms with Crippen LogP contribution in [0, 0.1) is 2.88 Å². The lowest BCUT2D eigenvalue weighted by Crippen LogP contribution is -1.81. The number of thiol groups is 1.